The molecule has 0 aromatic heterocycles. The molecule has 134 valence electrons. The fourth-order valence-corrected chi connectivity index (χ4v) is 3.16. The van der Waals surface area contributed by atoms with Crippen LogP contribution in [-0.2, 0) is 10.0 Å². The van der Waals surface area contributed by atoms with E-state index >= 15 is 0 Å². The molecule has 7 heteroatoms. The maximum absolute atomic E-state index is 11.7. The minimum absolute atomic E-state index is 0.114. The second-order valence-corrected chi connectivity index (χ2v) is 8.17. The van der Waals surface area contributed by atoms with E-state index in [9.17, 15) is 8.42 Å². The summed E-state index contributed by atoms with van der Waals surface area (Å²) >= 11 is 5.41. The summed E-state index contributed by atoms with van der Waals surface area (Å²) in [4.78, 5) is 0. The molecular weight excluding hydrogens is 354 g/mol. The Kier molecular flexibility index (Phi) is 6.39. The number of nitrogens with zero attached hydrogens (tertiary/aromatic N) is 1. The van der Waals surface area contributed by atoms with Crippen molar-refractivity contribution in [3.05, 3.63) is 60.2 Å². The molecule has 0 saturated carbocycles. The van der Waals surface area contributed by atoms with Gasteiger partial charge in [0, 0.05) is 12.7 Å². The highest BCUT2D eigenvalue weighted by Crippen LogP contribution is 2.21. The van der Waals surface area contributed by atoms with E-state index in [-0.39, 0.29) is 6.04 Å². The zero-order valence-electron chi connectivity index (χ0n) is 14.6. The minimum Gasteiger partial charge on any atom is -0.356 e. The summed E-state index contributed by atoms with van der Waals surface area (Å²) in [6.45, 7) is 2.09. The van der Waals surface area contributed by atoms with Crippen molar-refractivity contribution < 1.29 is 8.42 Å². The first-order chi connectivity index (χ1) is 11.8. The molecular formula is C18H23N3O2S2. The Morgan fingerprint density at radius 3 is 2.44 bits per heavy atom. The second kappa shape index (κ2) is 8.31. The molecule has 0 spiro atoms. The van der Waals surface area contributed by atoms with Gasteiger partial charge in [0.1, 0.15) is 0 Å². The van der Waals surface area contributed by atoms with Gasteiger partial charge in [-0.2, -0.15) is 0 Å². The summed E-state index contributed by atoms with van der Waals surface area (Å²) in [7, 11) is -1.78. The highest BCUT2D eigenvalue weighted by molar-refractivity contribution is 7.92. The Bertz CT molecular complexity index is 823. The number of hydrogen-bond acceptors (Lipinski definition) is 3. The maximum Gasteiger partial charge on any atom is 0.231 e. The first kappa shape index (κ1) is 19.2. The van der Waals surface area contributed by atoms with Gasteiger partial charge in [-0.1, -0.05) is 43.3 Å². The van der Waals surface area contributed by atoms with Crippen LogP contribution in [0.25, 0.3) is 0 Å². The summed E-state index contributed by atoms with van der Waals surface area (Å²) < 4.78 is 24.6. The Morgan fingerprint density at radius 1 is 1.16 bits per heavy atom. The van der Waals surface area contributed by atoms with Gasteiger partial charge in [0.2, 0.25) is 10.0 Å². The molecule has 0 aliphatic heterocycles. The van der Waals surface area contributed by atoms with Crippen LogP contribution in [0.4, 0.5) is 11.4 Å². The number of benzene rings is 2. The van der Waals surface area contributed by atoms with Crippen molar-refractivity contribution in [3.63, 3.8) is 0 Å². The minimum atomic E-state index is -3.30. The first-order valence-corrected chi connectivity index (χ1v) is 10.2. The van der Waals surface area contributed by atoms with Crippen LogP contribution in [0.5, 0.6) is 0 Å². The third-order valence-corrected chi connectivity index (χ3v) is 5.31. The van der Waals surface area contributed by atoms with Crippen molar-refractivity contribution in [1.29, 1.82) is 0 Å². The Hall–Kier alpha value is -2.12. The van der Waals surface area contributed by atoms with E-state index in [2.05, 4.69) is 29.7 Å². The summed E-state index contributed by atoms with van der Waals surface area (Å²) in [6.07, 6.45) is 2.06. The van der Waals surface area contributed by atoms with Gasteiger partial charge in [-0.15, -0.1) is 0 Å². The van der Waals surface area contributed by atoms with Crippen LogP contribution >= 0.6 is 12.2 Å². The average molecular weight is 378 g/mol. The Labute approximate surface area is 155 Å². The summed E-state index contributed by atoms with van der Waals surface area (Å²) in [5, 5.41) is 6.92. The third kappa shape index (κ3) is 5.44. The fourth-order valence-electron chi connectivity index (χ4n) is 2.40. The second-order valence-electron chi connectivity index (χ2n) is 5.75. The van der Waals surface area contributed by atoms with E-state index in [1.165, 1.54) is 23.2 Å². The van der Waals surface area contributed by atoms with Crippen molar-refractivity contribution >= 4 is 38.7 Å². The highest BCUT2D eigenvalue weighted by atomic mass is 32.2. The molecule has 0 radical (unpaired) electrons. The van der Waals surface area contributed by atoms with E-state index < -0.39 is 10.0 Å². The van der Waals surface area contributed by atoms with Crippen LogP contribution in [0, 0.1) is 0 Å². The summed E-state index contributed by atoms with van der Waals surface area (Å²) in [5.74, 6) is 0. The Morgan fingerprint density at radius 2 is 1.84 bits per heavy atom. The van der Waals surface area contributed by atoms with Gasteiger partial charge in [-0.05, 0) is 42.4 Å². The fraction of sp³-hybridized carbons (Fsp3) is 0.278. The topological polar surface area (TPSA) is 61.4 Å². The van der Waals surface area contributed by atoms with Gasteiger partial charge in [-0.3, -0.25) is 4.31 Å². The molecule has 5 nitrogen and oxygen atoms in total. The van der Waals surface area contributed by atoms with Gasteiger partial charge in [0.05, 0.1) is 18.0 Å². The zero-order valence-corrected chi connectivity index (χ0v) is 16.2. The van der Waals surface area contributed by atoms with Crippen LogP contribution < -0.4 is 14.9 Å². The molecule has 0 heterocycles. The van der Waals surface area contributed by atoms with Crippen molar-refractivity contribution in [3.8, 4) is 0 Å². The van der Waals surface area contributed by atoms with Gasteiger partial charge in [0.15, 0.2) is 5.11 Å². The van der Waals surface area contributed by atoms with Crippen LogP contribution in [0.1, 0.15) is 24.9 Å². The molecule has 0 fully saturated rings. The lowest BCUT2D eigenvalue weighted by molar-refractivity contribution is 0.600. The number of thiocarbonyl (C=S) groups is 1. The lowest BCUT2D eigenvalue weighted by Gasteiger charge is -2.21. The van der Waals surface area contributed by atoms with Crippen molar-refractivity contribution in [2.45, 2.75) is 19.4 Å². The standard InChI is InChI=1S/C18H23N3O2S2/c1-4-17(14-9-6-5-7-10-14)20-18(24)19-15-11-8-12-16(13-15)21(2)25(3,22)23/h5-13,17H,4H2,1-3H3,(H2,19,20,24). The predicted octanol–water partition coefficient (Wildman–Crippen LogP) is 3.52. The van der Waals surface area contributed by atoms with E-state index in [4.69, 9.17) is 12.2 Å². The SMILES string of the molecule is CCC(NC(=S)Nc1cccc(N(C)S(C)(=O)=O)c1)c1ccccc1. The summed E-state index contributed by atoms with van der Waals surface area (Å²) in [5.41, 5.74) is 2.47. The van der Waals surface area contributed by atoms with E-state index in [0.29, 0.717) is 10.8 Å². The van der Waals surface area contributed by atoms with Gasteiger partial charge >= 0.3 is 0 Å². The first-order valence-electron chi connectivity index (χ1n) is 7.97. The number of rotatable bonds is 6. The van der Waals surface area contributed by atoms with Crippen LogP contribution in [0.3, 0.4) is 0 Å². The number of sulfonamides is 1. The molecule has 1 unspecified atom stereocenters. The zero-order chi connectivity index (χ0) is 18.4. The predicted molar refractivity (Wildman–Crippen MR) is 109 cm³/mol. The van der Waals surface area contributed by atoms with Crippen LogP contribution in [0.2, 0.25) is 0 Å². The van der Waals surface area contributed by atoms with Crippen molar-refractivity contribution in [2.24, 2.45) is 0 Å². The maximum atomic E-state index is 11.7. The molecule has 2 aromatic rings. The van der Waals surface area contributed by atoms with Crippen LogP contribution in [0.15, 0.2) is 54.6 Å². The molecule has 2 rings (SSSR count). The van der Waals surface area contributed by atoms with E-state index in [0.717, 1.165) is 12.1 Å². The smallest absolute Gasteiger partial charge is 0.231 e. The van der Waals surface area contributed by atoms with Gasteiger partial charge < -0.3 is 10.6 Å². The van der Waals surface area contributed by atoms with Gasteiger partial charge in [0.25, 0.3) is 0 Å². The Balaban J connectivity index is 2.08. The van der Waals surface area contributed by atoms with Crippen molar-refractivity contribution in [1.82, 2.24) is 5.32 Å². The third-order valence-electron chi connectivity index (χ3n) is 3.88. The molecule has 2 aromatic carbocycles. The molecule has 1 atom stereocenters. The number of nitrogens with one attached hydrogen (secondary N) is 2. The molecule has 0 aliphatic rings. The molecule has 2 N–H and O–H groups in total. The van der Waals surface area contributed by atoms with Crippen LogP contribution in [-0.4, -0.2) is 26.8 Å². The quantitative estimate of drug-likeness (QED) is 0.754. The molecule has 0 aliphatic carbocycles. The van der Waals surface area contributed by atoms with E-state index in [1.807, 2.05) is 24.3 Å². The monoisotopic (exact) mass is 377 g/mol. The van der Waals surface area contributed by atoms with Crippen molar-refractivity contribution in [2.75, 3.05) is 22.9 Å². The number of anilines is 2. The number of hydrogen-bond donors (Lipinski definition) is 2. The normalized spacial score (nSPS) is 12.3. The lowest BCUT2D eigenvalue weighted by Crippen LogP contribution is -2.32. The average Bonchev–Trinajstić information content (AvgIpc) is 2.59. The highest BCUT2D eigenvalue weighted by Gasteiger charge is 2.13. The molecule has 0 amide bonds. The largest absolute Gasteiger partial charge is 0.356 e. The molecule has 25 heavy (non-hydrogen) atoms. The summed E-state index contributed by atoms with van der Waals surface area (Å²) in [6, 6.07) is 17.3. The van der Waals surface area contributed by atoms with E-state index in [1.54, 1.807) is 18.2 Å². The molecule has 0 bridgehead atoms. The molecule has 0 saturated heterocycles. The lowest BCUT2D eigenvalue weighted by atomic mass is 10.1. The van der Waals surface area contributed by atoms with Gasteiger partial charge in [-0.25, -0.2) is 8.42 Å².